The summed E-state index contributed by atoms with van der Waals surface area (Å²) in [5.74, 6) is -0.225. The Labute approximate surface area is 126 Å². The molecular weight excluding hydrogens is 268 g/mol. The topological polar surface area (TPSA) is 52.6 Å². The third kappa shape index (κ3) is 7.61. The van der Waals surface area contributed by atoms with E-state index in [0.717, 1.165) is 32.1 Å². The molecule has 0 spiro atoms. The summed E-state index contributed by atoms with van der Waals surface area (Å²) in [4.78, 5) is 22.0. The Balaban J connectivity index is 2.10. The first-order valence-electron chi connectivity index (χ1n) is 7.38. The third-order valence-corrected chi connectivity index (χ3v) is 3.18. The SMILES string of the molecule is COC(=O)c1ccc(CCCCCCOCC(C)=O)cc1. The Bertz CT molecular complexity index is 437. The van der Waals surface area contributed by atoms with Crippen molar-refractivity contribution in [1.29, 1.82) is 0 Å². The van der Waals surface area contributed by atoms with Gasteiger partial charge >= 0.3 is 5.97 Å². The van der Waals surface area contributed by atoms with E-state index in [-0.39, 0.29) is 18.4 Å². The molecule has 21 heavy (non-hydrogen) atoms. The molecule has 0 radical (unpaired) electrons. The first-order chi connectivity index (χ1) is 10.1. The largest absolute Gasteiger partial charge is 0.465 e. The number of Topliss-reactive ketones (excluding diaryl/α,β-unsaturated/α-hetero) is 1. The van der Waals surface area contributed by atoms with Crippen LogP contribution in [0, 0.1) is 0 Å². The molecule has 0 aromatic heterocycles. The zero-order valence-electron chi connectivity index (χ0n) is 12.9. The van der Waals surface area contributed by atoms with E-state index in [1.807, 2.05) is 12.1 Å². The van der Waals surface area contributed by atoms with E-state index < -0.39 is 0 Å². The van der Waals surface area contributed by atoms with Crippen molar-refractivity contribution in [3.63, 3.8) is 0 Å². The summed E-state index contributed by atoms with van der Waals surface area (Å²) >= 11 is 0. The standard InChI is InChI=1S/C17H24O4/c1-14(18)13-21-12-6-4-3-5-7-15-8-10-16(11-9-15)17(19)20-2/h8-11H,3-7,12-13H2,1-2H3. The molecule has 1 aromatic carbocycles. The minimum absolute atomic E-state index is 0.0744. The number of esters is 1. The number of benzene rings is 1. The van der Waals surface area contributed by atoms with Crippen LogP contribution in [-0.4, -0.2) is 32.1 Å². The summed E-state index contributed by atoms with van der Waals surface area (Å²) in [7, 11) is 1.39. The predicted molar refractivity (Wildman–Crippen MR) is 81.5 cm³/mol. The number of hydrogen-bond donors (Lipinski definition) is 0. The van der Waals surface area contributed by atoms with Gasteiger partial charge in [0, 0.05) is 6.61 Å². The third-order valence-electron chi connectivity index (χ3n) is 3.18. The molecule has 0 heterocycles. The predicted octanol–water partition coefficient (Wildman–Crippen LogP) is 3.18. The second kappa shape index (κ2) is 10.1. The molecule has 0 N–H and O–H groups in total. The maximum absolute atomic E-state index is 11.3. The Morgan fingerprint density at radius 2 is 1.67 bits per heavy atom. The molecule has 4 heteroatoms. The Kier molecular flexibility index (Phi) is 8.36. The van der Waals surface area contributed by atoms with E-state index in [1.165, 1.54) is 19.6 Å². The van der Waals surface area contributed by atoms with Crippen LogP contribution in [0.2, 0.25) is 0 Å². The number of rotatable bonds is 10. The molecule has 0 amide bonds. The molecule has 0 saturated heterocycles. The number of hydrogen-bond acceptors (Lipinski definition) is 4. The van der Waals surface area contributed by atoms with Crippen molar-refractivity contribution in [2.75, 3.05) is 20.3 Å². The van der Waals surface area contributed by atoms with Crippen LogP contribution >= 0.6 is 0 Å². The highest BCUT2D eigenvalue weighted by Gasteiger charge is 2.04. The fraction of sp³-hybridized carbons (Fsp3) is 0.529. The first-order valence-corrected chi connectivity index (χ1v) is 7.38. The van der Waals surface area contributed by atoms with Gasteiger partial charge in [-0.3, -0.25) is 4.79 Å². The molecule has 0 bridgehead atoms. The van der Waals surface area contributed by atoms with Gasteiger partial charge in [-0.25, -0.2) is 4.79 Å². The number of carbonyl (C=O) groups is 2. The van der Waals surface area contributed by atoms with Crippen molar-refractivity contribution in [2.24, 2.45) is 0 Å². The minimum atomic E-state index is -0.299. The number of ketones is 1. The van der Waals surface area contributed by atoms with E-state index in [4.69, 9.17) is 4.74 Å². The van der Waals surface area contributed by atoms with Gasteiger partial charge in [-0.2, -0.15) is 0 Å². The highest BCUT2D eigenvalue weighted by Crippen LogP contribution is 2.10. The lowest BCUT2D eigenvalue weighted by molar-refractivity contribution is -0.121. The van der Waals surface area contributed by atoms with Gasteiger partial charge in [0.05, 0.1) is 12.7 Å². The van der Waals surface area contributed by atoms with Crippen LogP contribution in [0.1, 0.15) is 48.5 Å². The maximum Gasteiger partial charge on any atom is 0.337 e. The van der Waals surface area contributed by atoms with Crippen LogP contribution in [0.15, 0.2) is 24.3 Å². The molecule has 1 rings (SSSR count). The maximum atomic E-state index is 11.3. The summed E-state index contributed by atoms with van der Waals surface area (Å²) < 4.78 is 9.88. The molecular formula is C17H24O4. The fourth-order valence-corrected chi connectivity index (χ4v) is 2.03. The number of carbonyl (C=O) groups excluding carboxylic acids is 2. The van der Waals surface area contributed by atoms with Gasteiger partial charge in [-0.05, 0) is 43.9 Å². The van der Waals surface area contributed by atoms with Crippen molar-refractivity contribution in [1.82, 2.24) is 0 Å². The van der Waals surface area contributed by atoms with E-state index in [0.29, 0.717) is 12.2 Å². The van der Waals surface area contributed by atoms with Gasteiger partial charge in [-0.1, -0.05) is 25.0 Å². The molecule has 116 valence electrons. The lowest BCUT2D eigenvalue weighted by Crippen LogP contribution is -2.04. The van der Waals surface area contributed by atoms with E-state index in [1.54, 1.807) is 12.1 Å². The van der Waals surface area contributed by atoms with Gasteiger partial charge in [0.1, 0.15) is 6.61 Å². The van der Waals surface area contributed by atoms with Crippen LogP contribution in [0.3, 0.4) is 0 Å². The summed E-state index contributed by atoms with van der Waals surface area (Å²) in [6.07, 6.45) is 5.37. The Morgan fingerprint density at radius 1 is 1.00 bits per heavy atom. The van der Waals surface area contributed by atoms with Crippen LogP contribution in [0.5, 0.6) is 0 Å². The molecule has 0 fully saturated rings. The summed E-state index contributed by atoms with van der Waals surface area (Å²) in [5, 5.41) is 0. The lowest BCUT2D eigenvalue weighted by Gasteiger charge is -2.04. The number of methoxy groups -OCH3 is 1. The van der Waals surface area contributed by atoms with Crippen LogP contribution in [-0.2, 0) is 20.7 Å². The van der Waals surface area contributed by atoms with Gasteiger partial charge < -0.3 is 9.47 Å². The normalized spacial score (nSPS) is 10.4. The van der Waals surface area contributed by atoms with E-state index in [2.05, 4.69) is 4.74 Å². The van der Waals surface area contributed by atoms with Gasteiger partial charge in [0.25, 0.3) is 0 Å². The van der Waals surface area contributed by atoms with E-state index in [9.17, 15) is 9.59 Å². The lowest BCUT2D eigenvalue weighted by atomic mass is 10.0. The van der Waals surface area contributed by atoms with Gasteiger partial charge in [-0.15, -0.1) is 0 Å². The molecule has 0 atom stereocenters. The van der Waals surface area contributed by atoms with Crippen molar-refractivity contribution >= 4 is 11.8 Å². The van der Waals surface area contributed by atoms with Crippen LogP contribution in [0.25, 0.3) is 0 Å². The Hall–Kier alpha value is -1.68. The van der Waals surface area contributed by atoms with Gasteiger partial charge in [0.2, 0.25) is 0 Å². The Morgan fingerprint density at radius 3 is 2.29 bits per heavy atom. The monoisotopic (exact) mass is 292 g/mol. The zero-order valence-corrected chi connectivity index (χ0v) is 12.9. The second-order valence-corrected chi connectivity index (χ2v) is 5.11. The molecule has 0 saturated carbocycles. The number of aryl methyl sites for hydroxylation is 1. The van der Waals surface area contributed by atoms with Crippen LogP contribution < -0.4 is 0 Å². The average Bonchev–Trinajstić information content (AvgIpc) is 2.49. The second-order valence-electron chi connectivity index (χ2n) is 5.11. The van der Waals surface area contributed by atoms with Gasteiger partial charge in [0.15, 0.2) is 5.78 Å². The molecule has 1 aromatic rings. The van der Waals surface area contributed by atoms with Crippen molar-refractivity contribution in [2.45, 2.75) is 39.0 Å². The quantitative estimate of drug-likeness (QED) is 0.491. The van der Waals surface area contributed by atoms with Crippen molar-refractivity contribution in [3.05, 3.63) is 35.4 Å². The van der Waals surface area contributed by atoms with Crippen molar-refractivity contribution in [3.8, 4) is 0 Å². The number of ether oxygens (including phenoxy) is 2. The molecule has 0 unspecified atom stereocenters. The molecule has 4 nitrogen and oxygen atoms in total. The van der Waals surface area contributed by atoms with E-state index >= 15 is 0 Å². The summed E-state index contributed by atoms with van der Waals surface area (Å²) in [5.41, 5.74) is 1.82. The number of unbranched alkanes of at least 4 members (excludes halogenated alkanes) is 3. The molecule has 0 aliphatic rings. The van der Waals surface area contributed by atoms with Crippen molar-refractivity contribution < 1.29 is 19.1 Å². The summed E-state index contributed by atoms with van der Waals surface area (Å²) in [6.45, 7) is 2.42. The first kappa shape index (κ1) is 17.4. The smallest absolute Gasteiger partial charge is 0.337 e. The minimum Gasteiger partial charge on any atom is -0.465 e. The highest BCUT2D eigenvalue weighted by atomic mass is 16.5. The molecule has 0 aliphatic carbocycles. The molecule has 0 aliphatic heterocycles. The highest BCUT2D eigenvalue weighted by molar-refractivity contribution is 5.89. The van der Waals surface area contributed by atoms with Crippen LogP contribution in [0.4, 0.5) is 0 Å². The summed E-state index contributed by atoms with van der Waals surface area (Å²) in [6, 6.07) is 7.55. The fourth-order valence-electron chi connectivity index (χ4n) is 2.03. The zero-order chi connectivity index (χ0) is 15.5. The average molecular weight is 292 g/mol.